The second kappa shape index (κ2) is 7.56. The molecule has 5 rings (SSSR count). The van der Waals surface area contributed by atoms with Crippen molar-refractivity contribution >= 4 is 11.5 Å². The molecule has 2 aliphatic heterocycles. The Bertz CT molecular complexity index is 1060. The van der Waals surface area contributed by atoms with Crippen molar-refractivity contribution in [2.45, 2.75) is 11.5 Å². The number of methoxy groups -OCH3 is 1. The van der Waals surface area contributed by atoms with Crippen LogP contribution in [0, 0.1) is 0 Å². The minimum Gasteiger partial charge on any atom is -0.497 e. The molecule has 2 aliphatic rings. The van der Waals surface area contributed by atoms with Gasteiger partial charge in [0.1, 0.15) is 17.0 Å². The van der Waals surface area contributed by atoms with Crippen LogP contribution in [0.25, 0.3) is 0 Å². The third-order valence-electron chi connectivity index (χ3n) is 5.77. The van der Waals surface area contributed by atoms with E-state index in [0.29, 0.717) is 0 Å². The number of allylic oxidation sites excluding steroid dienone is 2. The molecule has 1 unspecified atom stereocenters. The summed E-state index contributed by atoms with van der Waals surface area (Å²) in [7, 11) is 1.67. The van der Waals surface area contributed by atoms with E-state index in [1.807, 2.05) is 30.3 Å². The van der Waals surface area contributed by atoms with Gasteiger partial charge in [-0.3, -0.25) is 10.4 Å². The van der Waals surface area contributed by atoms with Gasteiger partial charge in [-0.05, 0) is 41.5 Å². The smallest absolute Gasteiger partial charge is 0.139 e. The maximum absolute atomic E-state index is 5.31. The molecular weight excluding hydrogens is 370 g/mol. The zero-order valence-corrected chi connectivity index (χ0v) is 16.8. The molecule has 0 spiro atoms. The van der Waals surface area contributed by atoms with E-state index in [1.54, 1.807) is 7.11 Å². The number of aliphatic imine (C=N–C) groups is 1. The fourth-order valence-electron chi connectivity index (χ4n) is 4.39. The van der Waals surface area contributed by atoms with Crippen LogP contribution < -0.4 is 10.2 Å². The van der Waals surface area contributed by atoms with Gasteiger partial charge in [-0.2, -0.15) is 0 Å². The molecule has 4 nitrogen and oxygen atoms in total. The monoisotopic (exact) mass is 393 g/mol. The number of rotatable bonds is 4. The summed E-state index contributed by atoms with van der Waals surface area (Å²) in [5, 5.41) is 2.14. The number of amidine groups is 1. The first-order valence-electron chi connectivity index (χ1n) is 10.1. The lowest BCUT2D eigenvalue weighted by Gasteiger charge is -2.36. The van der Waals surface area contributed by atoms with Crippen LogP contribution in [0.15, 0.2) is 114 Å². The van der Waals surface area contributed by atoms with Crippen LogP contribution in [-0.4, -0.2) is 24.0 Å². The molecule has 0 radical (unpaired) electrons. The highest BCUT2D eigenvalue weighted by Gasteiger charge is 2.53. The largest absolute Gasteiger partial charge is 0.497 e. The van der Waals surface area contributed by atoms with Crippen LogP contribution in [0.5, 0.6) is 5.75 Å². The molecule has 1 saturated heterocycles. The van der Waals surface area contributed by atoms with Gasteiger partial charge in [0.2, 0.25) is 0 Å². The van der Waals surface area contributed by atoms with Crippen LogP contribution >= 0.6 is 0 Å². The van der Waals surface area contributed by atoms with E-state index < -0.39 is 5.41 Å². The average molecular weight is 393 g/mol. The molecule has 30 heavy (non-hydrogen) atoms. The van der Waals surface area contributed by atoms with Gasteiger partial charge in [0.05, 0.1) is 18.8 Å². The number of hydrogen-bond acceptors (Lipinski definition) is 3. The zero-order valence-electron chi connectivity index (χ0n) is 16.8. The topological polar surface area (TPSA) is 36.9 Å². The van der Waals surface area contributed by atoms with Gasteiger partial charge in [0.25, 0.3) is 0 Å². The third kappa shape index (κ3) is 2.89. The Balaban J connectivity index is 1.76. The fraction of sp³-hybridized carbons (Fsp3) is 0.115. The Hall–Kier alpha value is -3.79. The summed E-state index contributed by atoms with van der Waals surface area (Å²) in [6.07, 6.45) is 8.46. The number of hydrazine groups is 1. The number of ether oxygens (including phenoxy) is 1. The molecule has 0 bridgehead atoms. The van der Waals surface area contributed by atoms with Gasteiger partial charge in [-0.25, -0.2) is 4.99 Å². The number of hydrogen-bond donors (Lipinski definition) is 1. The van der Waals surface area contributed by atoms with Gasteiger partial charge >= 0.3 is 0 Å². The van der Waals surface area contributed by atoms with Crippen LogP contribution in [0.4, 0.5) is 5.69 Å². The summed E-state index contributed by atoms with van der Waals surface area (Å²) in [4.78, 5) is 5.10. The van der Waals surface area contributed by atoms with Crippen molar-refractivity contribution in [3.05, 3.63) is 120 Å². The highest BCUT2D eigenvalue weighted by molar-refractivity contribution is 6.01. The Kier molecular flexibility index (Phi) is 4.60. The molecule has 0 aliphatic carbocycles. The molecule has 3 aromatic carbocycles. The summed E-state index contributed by atoms with van der Waals surface area (Å²) < 4.78 is 5.31. The number of benzene rings is 3. The van der Waals surface area contributed by atoms with E-state index in [1.165, 1.54) is 11.1 Å². The Morgan fingerprint density at radius 2 is 1.47 bits per heavy atom. The predicted molar refractivity (Wildman–Crippen MR) is 121 cm³/mol. The van der Waals surface area contributed by atoms with E-state index >= 15 is 0 Å². The van der Waals surface area contributed by atoms with Gasteiger partial charge < -0.3 is 4.74 Å². The lowest BCUT2D eigenvalue weighted by atomic mass is 9.68. The molecule has 3 aromatic rings. The summed E-state index contributed by atoms with van der Waals surface area (Å²) in [6, 6.07) is 29.1. The molecule has 2 heterocycles. The summed E-state index contributed by atoms with van der Waals surface area (Å²) in [6.45, 7) is 0. The first-order valence-corrected chi connectivity index (χ1v) is 10.1. The normalized spacial score (nSPS) is 20.1. The summed E-state index contributed by atoms with van der Waals surface area (Å²) in [5.74, 6) is 1.71. The summed E-state index contributed by atoms with van der Waals surface area (Å²) in [5.41, 5.74) is 6.38. The van der Waals surface area contributed by atoms with E-state index in [9.17, 15) is 0 Å². The quantitative estimate of drug-likeness (QED) is 0.679. The molecule has 1 atom stereocenters. The Labute approximate surface area is 176 Å². The van der Waals surface area contributed by atoms with Crippen molar-refractivity contribution < 1.29 is 4.74 Å². The van der Waals surface area contributed by atoms with Gasteiger partial charge in [0, 0.05) is 6.20 Å². The van der Waals surface area contributed by atoms with Crippen molar-refractivity contribution in [2.24, 2.45) is 4.99 Å². The lowest BCUT2D eigenvalue weighted by Crippen LogP contribution is -2.44. The van der Waals surface area contributed by atoms with Crippen LogP contribution in [-0.2, 0) is 5.41 Å². The number of fused-ring (bicyclic) bond motifs is 1. The first-order chi connectivity index (χ1) is 14.8. The molecule has 1 fully saturated rings. The molecule has 1 N–H and O–H groups in total. The second-order valence-electron chi connectivity index (χ2n) is 7.39. The van der Waals surface area contributed by atoms with Crippen LogP contribution in [0.1, 0.15) is 11.1 Å². The third-order valence-corrected chi connectivity index (χ3v) is 5.77. The minimum atomic E-state index is -0.469. The van der Waals surface area contributed by atoms with Crippen molar-refractivity contribution in [3.63, 3.8) is 0 Å². The predicted octanol–water partition coefficient (Wildman–Crippen LogP) is 4.98. The standard InChI is InChI=1S/C26H23N3O/c1-30-23-17-15-22(16-18-23)27-25-26(20-10-4-2-5-11-20,21-12-6-3-7-13-21)24-14-8-9-19-29(24)28-25/h2-19,24H,1H3,(H,27,28). The highest BCUT2D eigenvalue weighted by Crippen LogP contribution is 2.44. The van der Waals surface area contributed by atoms with Crippen LogP contribution in [0.3, 0.4) is 0 Å². The highest BCUT2D eigenvalue weighted by atomic mass is 16.5. The fourth-order valence-corrected chi connectivity index (χ4v) is 4.39. The van der Waals surface area contributed by atoms with Gasteiger partial charge in [-0.15, -0.1) is 0 Å². The van der Waals surface area contributed by atoms with Crippen molar-refractivity contribution in [1.82, 2.24) is 10.4 Å². The van der Waals surface area contributed by atoms with E-state index in [0.717, 1.165) is 17.3 Å². The molecule has 4 heteroatoms. The van der Waals surface area contributed by atoms with Gasteiger partial charge in [0.15, 0.2) is 0 Å². The Morgan fingerprint density at radius 1 is 0.833 bits per heavy atom. The maximum atomic E-state index is 5.31. The van der Waals surface area contributed by atoms with E-state index in [4.69, 9.17) is 9.73 Å². The van der Waals surface area contributed by atoms with Crippen molar-refractivity contribution in [2.75, 3.05) is 7.11 Å². The number of nitrogens with one attached hydrogen (secondary N) is 1. The number of nitrogens with zero attached hydrogens (tertiary/aromatic N) is 2. The molecule has 0 aromatic heterocycles. The van der Waals surface area contributed by atoms with Crippen molar-refractivity contribution in [3.8, 4) is 5.75 Å². The minimum absolute atomic E-state index is 0.0595. The zero-order chi connectivity index (χ0) is 20.4. The maximum Gasteiger partial charge on any atom is 0.139 e. The van der Waals surface area contributed by atoms with Crippen molar-refractivity contribution in [1.29, 1.82) is 0 Å². The van der Waals surface area contributed by atoms with E-state index in [-0.39, 0.29) is 6.04 Å². The van der Waals surface area contributed by atoms with Crippen LogP contribution in [0.2, 0.25) is 0 Å². The summed E-state index contributed by atoms with van der Waals surface area (Å²) >= 11 is 0. The average Bonchev–Trinajstić information content (AvgIpc) is 3.15. The lowest BCUT2D eigenvalue weighted by molar-refractivity contribution is 0.291. The molecule has 0 saturated carbocycles. The second-order valence-corrected chi connectivity index (χ2v) is 7.39. The van der Waals surface area contributed by atoms with E-state index in [2.05, 4.69) is 89.5 Å². The molecular formula is C26H23N3O. The first kappa shape index (κ1) is 18.3. The Morgan fingerprint density at radius 3 is 2.07 bits per heavy atom. The molecule has 0 amide bonds. The SMILES string of the molecule is COc1ccc(N=C2NN3C=CC=CC3C2(c2ccccc2)c2ccccc2)cc1. The van der Waals surface area contributed by atoms with Gasteiger partial charge in [-0.1, -0.05) is 72.8 Å². The molecule has 148 valence electrons.